The summed E-state index contributed by atoms with van der Waals surface area (Å²) in [6.07, 6.45) is -2.76. The van der Waals surface area contributed by atoms with Gasteiger partial charge in [-0.05, 0) is 31.2 Å². The molecule has 0 spiro atoms. The van der Waals surface area contributed by atoms with Crippen LogP contribution >= 0.6 is 11.6 Å². The number of halogens is 3. The number of anilines is 1. The number of nitrogens with zero attached hydrogens (tertiary/aromatic N) is 2. The van der Waals surface area contributed by atoms with E-state index in [1.807, 2.05) is 0 Å². The van der Waals surface area contributed by atoms with E-state index in [9.17, 15) is 13.6 Å². The van der Waals surface area contributed by atoms with E-state index < -0.39 is 18.0 Å². The van der Waals surface area contributed by atoms with E-state index in [4.69, 9.17) is 11.6 Å². The minimum atomic E-state index is -2.76. The van der Waals surface area contributed by atoms with Gasteiger partial charge in [0.2, 0.25) is 0 Å². The summed E-state index contributed by atoms with van der Waals surface area (Å²) in [5.41, 5.74) is -0.140. The molecule has 1 aromatic carbocycles. The lowest BCUT2D eigenvalue weighted by Gasteiger charge is -2.07. The lowest BCUT2D eigenvalue weighted by atomic mass is 10.2. The zero-order valence-electron chi connectivity index (χ0n) is 10.4. The summed E-state index contributed by atoms with van der Waals surface area (Å²) in [6, 6.07) is 7.46. The Bertz CT molecular complexity index is 649. The Hall–Kier alpha value is -2.08. The molecule has 2 aromatic rings. The van der Waals surface area contributed by atoms with Crippen molar-refractivity contribution in [2.24, 2.45) is 0 Å². The largest absolute Gasteiger partial charge is 0.321 e. The Labute approximate surface area is 118 Å². The molecule has 2 rings (SSSR count). The van der Waals surface area contributed by atoms with Gasteiger partial charge in [-0.2, -0.15) is 0 Å². The molecule has 0 radical (unpaired) electrons. The minimum Gasteiger partial charge on any atom is -0.321 e. The molecule has 4 nitrogen and oxygen atoms in total. The number of carbonyl (C=O) groups is 1. The van der Waals surface area contributed by atoms with Crippen LogP contribution in [0.2, 0.25) is 5.02 Å². The lowest BCUT2D eigenvalue weighted by molar-refractivity contribution is 0.102. The molecule has 0 unspecified atom stereocenters. The van der Waals surface area contributed by atoms with Crippen LogP contribution < -0.4 is 5.32 Å². The monoisotopic (exact) mass is 297 g/mol. The van der Waals surface area contributed by atoms with Crippen molar-refractivity contribution >= 4 is 23.2 Å². The maximum absolute atomic E-state index is 12.6. The maximum atomic E-state index is 12.6. The zero-order valence-corrected chi connectivity index (χ0v) is 11.2. The second-order valence-corrected chi connectivity index (χ2v) is 4.43. The Balaban J connectivity index is 2.25. The number of hydrogen-bond acceptors (Lipinski definition) is 3. The highest BCUT2D eigenvalue weighted by Gasteiger charge is 2.15. The summed E-state index contributed by atoms with van der Waals surface area (Å²) in [5, 5.41) is 2.99. The molecule has 0 saturated heterocycles. The molecular formula is C13H10ClF2N3O. The van der Waals surface area contributed by atoms with E-state index in [2.05, 4.69) is 15.3 Å². The number of nitrogens with one attached hydrogen (secondary N) is 1. The molecule has 0 fully saturated rings. The van der Waals surface area contributed by atoms with Gasteiger partial charge in [-0.1, -0.05) is 17.7 Å². The first-order chi connectivity index (χ1) is 9.45. The summed E-state index contributed by atoms with van der Waals surface area (Å²) < 4.78 is 25.3. The molecular weight excluding hydrogens is 288 g/mol. The number of rotatable bonds is 3. The molecule has 1 aromatic heterocycles. The van der Waals surface area contributed by atoms with Crippen molar-refractivity contribution in [1.29, 1.82) is 0 Å². The second-order valence-electron chi connectivity index (χ2n) is 3.99. The van der Waals surface area contributed by atoms with E-state index >= 15 is 0 Å². The van der Waals surface area contributed by atoms with Crippen molar-refractivity contribution in [3.8, 4) is 0 Å². The van der Waals surface area contributed by atoms with Crippen LogP contribution in [0.25, 0.3) is 0 Å². The highest BCUT2D eigenvalue weighted by atomic mass is 35.5. The Morgan fingerprint density at radius 3 is 2.70 bits per heavy atom. The van der Waals surface area contributed by atoms with Crippen LogP contribution in [0.1, 0.15) is 28.4 Å². The van der Waals surface area contributed by atoms with Gasteiger partial charge in [0.1, 0.15) is 17.2 Å². The molecule has 1 amide bonds. The summed E-state index contributed by atoms with van der Waals surface area (Å²) in [5.74, 6) is -0.487. The predicted octanol–water partition coefficient (Wildman–Crippen LogP) is 3.63. The molecule has 1 N–H and O–H groups in total. The lowest BCUT2D eigenvalue weighted by Crippen LogP contribution is -2.15. The second kappa shape index (κ2) is 5.92. The predicted molar refractivity (Wildman–Crippen MR) is 71.1 cm³/mol. The van der Waals surface area contributed by atoms with Crippen molar-refractivity contribution in [1.82, 2.24) is 9.97 Å². The van der Waals surface area contributed by atoms with Crippen LogP contribution in [0.15, 0.2) is 30.3 Å². The van der Waals surface area contributed by atoms with Gasteiger partial charge < -0.3 is 5.32 Å². The number of carbonyl (C=O) groups excluding carboxylic acids is 1. The summed E-state index contributed by atoms with van der Waals surface area (Å²) in [6.45, 7) is 1.45. The van der Waals surface area contributed by atoms with Crippen molar-refractivity contribution in [2.75, 3.05) is 5.32 Å². The zero-order chi connectivity index (χ0) is 14.7. The molecule has 0 atom stereocenters. The highest BCUT2D eigenvalue weighted by Crippen LogP contribution is 2.19. The average Bonchev–Trinajstić information content (AvgIpc) is 2.37. The van der Waals surface area contributed by atoms with Crippen molar-refractivity contribution in [3.05, 3.63) is 52.6 Å². The van der Waals surface area contributed by atoms with E-state index in [-0.39, 0.29) is 11.5 Å². The van der Waals surface area contributed by atoms with Crippen molar-refractivity contribution in [3.63, 3.8) is 0 Å². The van der Waals surface area contributed by atoms with E-state index in [1.54, 1.807) is 24.3 Å². The van der Waals surface area contributed by atoms with Crippen LogP contribution in [0.4, 0.5) is 14.5 Å². The van der Waals surface area contributed by atoms with Gasteiger partial charge in [0.25, 0.3) is 12.3 Å². The Morgan fingerprint density at radius 2 is 2.05 bits per heavy atom. The van der Waals surface area contributed by atoms with E-state index in [0.29, 0.717) is 10.7 Å². The van der Waals surface area contributed by atoms with Gasteiger partial charge in [0, 0.05) is 10.7 Å². The first-order valence-electron chi connectivity index (χ1n) is 5.66. The third-order valence-electron chi connectivity index (χ3n) is 2.40. The minimum absolute atomic E-state index is 0.110. The first kappa shape index (κ1) is 14.3. The number of amides is 1. The van der Waals surface area contributed by atoms with Crippen molar-refractivity contribution in [2.45, 2.75) is 13.3 Å². The smallest absolute Gasteiger partial charge is 0.280 e. The van der Waals surface area contributed by atoms with Gasteiger partial charge in [-0.25, -0.2) is 18.7 Å². The fourth-order valence-electron chi connectivity index (χ4n) is 1.58. The number of hydrogen-bond donors (Lipinski definition) is 1. The fraction of sp³-hybridized carbons (Fsp3) is 0.154. The molecule has 1 heterocycles. The Morgan fingerprint density at radius 1 is 1.30 bits per heavy atom. The standard InChI is InChI=1S/C13H10ClF2N3O/c1-7-17-10(12(15)16)6-11(18-7)13(20)19-9-4-2-3-8(14)5-9/h2-6,12H,1H3,(H,19,20). The van der Waals surface area contributed by atoms with Gasteiger partial charge in [-0.15, -0.1) is 0 Å². The first-order valence-corrected chi connectivity index (χ1v) is 6.04. The third kappa shape index (κ3) is 3.48. The average molecular weight is 298 g/mol. The normalized spacial score (nSPS) is 10.7. The molecule has 104 valence electrons. The molecule has 0 aliphatic heterocycles. The Kier molecular flexibility index (Phi) is 4.24. The molecule has 7 heteroatoms. The molecule has 20 heavy (non-hydrogen) atoms. The quantitative estimate of drug-likeness (QED) is 0.941. The summed E-state index contributed by atoms with van der Waals surface area (Å²) in [4.78, 5) is 19.4. The molecule has 0 bridgehead atoms. The van der Waals surface area contributed by atoms with Crippen molar-refractivity contribution < 1.29 is 13.6 Å². The number of aryl methyl sites for hydroxylation is 1. The SMILES string of the molecule is Cc1nc(C(=O)Nc2cccc(Cl)c2)cc(C(F)F)n1. The van der Waals surface area contributed by atoms with Crippen LogP contribution in [0.5, 0.6) is 0 Å². The summed E-state index contributed by atoms with van der Waals surface area (Å²) >= 11 is 5.79. The van der Waals surface area contributed by atoms with Gasteiger partial charge in [0.15, 0.2) is 0 Å². The van der Waals surface area contributed by atoms with E-state index in [1.165, 1.54) is 6.92 Å². The topological polar surface area (TPSA) is 54.9 Å². The fourth-order valence-corrected chi connectivity index (χ4v) is 1.77. The van der Waals surface area contributed by atoms with Crippen LogP contribution in [-0.2, 0) is 0 Å². The third-order valence-corrected chi connectivity index (χ3v) is 2.63. The summed E-state index contributed by atoms with van der Waals surface area (Å²) in [7, 11) is 0. The maximum Gasteiger partial charge on any atom is 0.280 e. The molecule has 0 aliphatic carbocycles. The van der Waals surface area contributed by atoms with Crippen LogP contribution in [-0.4, -0.2) is 15.9 Å². The number of benzene rings is 1. The van der Waals surface area contributed by atoms with Crippen LogP contribution in [0.3, 0.4) is 0 Å². The van der Waals surface area contributed by atoms with Gasteiger partial charge in [-0.3, -0.25) is 4.79 Å². The van der Waals surface area contributed by atoms with Gasteiger partial charge >= 0.3 is 0 Å². The van der Waals surface area contributed by atoms with E-state index in [0.717, 1.165) is 6.07 Å². The molecule has 0 saturated carbocycles. The van der Waals surface area contributed by atoms with Gasteiger partial charge in [0.05, 0.1) is 0 Å². The highest BCUT2D eigenvalue weighted by molar-refractivity contribution is 6.30. The number of aromatic nitrogens is 2. The molecule has 0 aliphatic rings. The van der Waals surface area contributed by atoms with Crippen LogP contribution in [0, 0.1) is 6.92 Å². The number of alkyl halides is 2.